The average molecular weight is 421 g/mol. The number of benzene rings is 1. The van der Waals surface area contributed by atoms with Crippen molar-refractivity contribution in [1.82, 2.24) is 15.0 Å². The monoisotopic (exact) mass is 420 g/mol. The van der Waals surface area contributed by atoms with Crippen molar-refractivity contribution in [2.45, 2.75) is 6.92 Å². The molecule has 3 aromatic rings. The molecule has 0 atom stereocenters. The third-order valence-electron chi connectivity index (χ3n) is 4.33. The lowest BCUT2D eigenvalue weighted by atomic mass is 10.1. The number of carbonyl (C=O) groups excluding carboxylic acids is 1. The van der Waals surface area contributed by atoms with Crippen LogP contribution >= 0.6 is 0 Å². The number of rotatable bonds is 7. The van der Waals surface area contributed by atoms with Gasteiger partial charge in [0.1, 0.15) is 5.82 Å². The Morgan fingerprint density at radius 2 is 1.59 bits per heavy atom. The van der Waals surface area contributed by atoms with E-state index < -0.39 is 0 Å². The summed E-state index contributed by atoms with van der Waals surface area (Å²) < 4.78 is 0. The lowest BCUT2D eigenvalue weighted by Crippen LogP contribution is -2.00. The van der Waals surface area contributed by atoms with Crippen molar-refractivity contribution in [3.63, 3.8) is 0 Å². The van der Waals surface area contributed by atoms with E-state index in [4.69, 9.17) is 4.98 Å². The summed E-state index contributed by atoms with van der Waals surface area (Å²) in [6.45, 7) is 5.78. The van der Waals surface area contributed by atoms with Crippen LogP contribution in [0.25, 0.3) is 11.4 Å². The highest BCUT2D eigenvalue weighted by molar-refractivity contribution is 6.04. The van der Waals surface area contributed by atoms with Gasteiger partial charge in [0, 0.05) is 34.9 Å². The average Bonchev–Trinajstić information content (AvgIpc) is 2.83. The summed E-state index contributed by atoms with van der Waals surface area (Å²) in [5.41, 5.74) is 3.00. The standard InChI is InChI=1S/C27H24N4O/c1-3-24(14-10-15-25(32)22-12-7-5-8-13-22)30-26-16-9-4-6-11-21(2)29-27(31-26)23-17-19-28-20-18-23/h3-20H,1H2,2H3,(H,29,30,31)/b15-10+,24-14+. The van der Waals surface area contributed by atoms with Crippen molar-refractivity contribution in [2.24, 2.45) is 0 Å². The van der Waals surface area contributed by atoms with E-state index in [0.717, 1.165) is 11.3 Å². The van der Waals surface area contributed by atoms with E-state index in [1.807, 2.05) is 67.6 Å². The summed E-state index contributed by atoms with van der Waals surface area (Å²) in [5, 5.41) is 3.24. The Bertz CT molecular complexity index is 1180. The topological polar surface area (TPSA) is 67.8 Å². The Morgan fingerprint density at radius 3 is 2.31 bits per heavy atom. The molecule has 0 spiro atoms. The van der Waals surface area contributed by atoms with Crippen LogP contribution in [0.2, 0.25) is 0 Å². The van der Waals surface area contributed by atoms with Gasteiger partial charge in [0.25, 0.3) is 0 Å². The number of allylic oxidation sites excluding steroid dienone is 4. The van der Waals surface area contributed by atoms with Crippen LogP contribution in [0.15, 0.2) is 122 Å². The quantitative estimate of drug-likeness (QED) is 0.293. The van der Waals surface area contributed by atoms with Gasteiger partial charge in [-0.25, -0.2) is 9.97 Å². The molecule has 0 aliphatic heterocycles. The first-order valence-electron chi connectivity index (χ1n) is 10.1. The molecule has 1 N–H and O–H groups in total. The molecule has 5 heteroatoms. The fourth-order valence-corrected chi connectivity index (χ4v) is 2.73. The Labute approximate surface area is 188 Å². The van der Waals surface area contributed by atoms with Crippen molar-refractivity contribution in [3.05, 3.63) is 133 Å². The zero-order valence-electron chi connectivity index (χ0n) is 17.8. The van der Waals surface area contributed by atoms with Crippen LogP contribution in [-0.2, 0) is 0 Å². The van der Waals surface area contributed by atoms with Gasteiger partial charge in [0.2, 0.25) is 0 Å². The maximum Gasteiger partial charge on any atom is 0.185 e. The molecule has 0 radical (unpaired) electrons. The second-order valence-corrected chi connectivity index (χ2v) is 6.76. The molecular weight excluding hydrogens is 396 g/mol. The van der Waals surface area contributed by atoms with Crippen LogP contribution in [0.3, 0.4) is 0 Å². The summed E-state index contributed by atoms with van der Waals surface area (Å²) in [4.78, 5) is 25.7. The van der Waals surface area contributed by atoms with Crippen LogP contribution in [-0.4, -0.2) is 20.7 Å². The second kappa shape index (κ2) is 11.7. The van der Waals surface area contributed by atoms with E-state index in [2.05, 4.69) is 21.9 Å². The zero-order chi connectivity index (χ0) is 22.6. The lowest BCUT2D eigenvalue weighted by Gasteiger charge is -2.06. The summed E-state index contributed by atoms with van der Waals surface area (Å²) in [6.07, 6.45) is 10.1. The summed E-state index contributed by atoms with van der Waals surface area (Å²) in [6, 6.07) is 22.3. The maximum atomic E-state index is 12.3. The van der Waals surface area contributed by atoms with Gasteiger partial charge < -0.3 is 5.32 Å². The number of carbonyl (C=O) groups is 1. The van der Waals surface area contributed by atoms with E-state index in [9.17, 15) is 4.79 Å². The number of hydrogen-bond acceptors (Lipinski definition) is 5. The van der Waals surface area contributed by atoms with Gasteiger partial charge in [-0.05, 0) is 49.4 Å². The fourth-order valence-electron chi connectivity index (χ4n) is 2.73. The Balaban J connectivity index is 1.92. The van der Waals surface area contributed by atoms with Crippen molar-refractivity contribution >= 4 is 11.6 Å². The number of hydrogen-bond donors (Lipinski definition) is 1. The first-order valence-corrected chi connectivity index (χ1v) is 10.1. The predicted octanol–water partition coefficient (Wildman–Crippen LogP) is 5.89. The minimum atomic E-state index is -0.0688. The molecule has 5 nitrogen and oxygen atoms in total. The number of anilines is 1. The zero-order valence-corrected chi connectivity index (χ0v) is 17.8. The molecule has 0 unspecified atom stereocenters. The van der Waals surface area contributed by atoms with Crippen LogP contribution in [0, 0.1) is 6.92 Å². The van der Waals surface area contributed by atoms with Gasteiger partial charge in [0.15, 0.2) is 11.6 Å². The molecule has 32 heavy (non-hydrogen) atoms. The second-order valence-electron chi connectivity index (χ2n) is 6.76. The summed E-state index contributed by atoms with van der Waals surface area (Å²) >= 11 is 0. The Hall–Kier alpha value is -4.38. The van der Waals surface area contributed by atoms with Gasteiger partial charge in [0.05, 0.1) is 0 Å². The molecule has 0 amide bonds. The molecule has 0 aliphatic carbocycles. The third kappa shape index (κ3) is 6.85. The van der Waals surface area contributed by atoms with E-state index in [1.54, 1.807) is 42.8 Å². The molecule has 0 aliphatic rings. The number of pyridine rings is 1. The number of ketones is 1. The number of nitrogens with one attached hydrogen (secondary N) is 1. The van der Waals surface area contributed by atoms with Gasteiger partial charge in [-0.15, -0.1) is 0 Å². The smallest absolute Gasteiger partial charge is 0.185 e. The van der Waals surface area contributed by atoms with Gasteiger partial charge in [-0.1, -0.05) is 61.2 Å². The highest BCUT2D eigenvalue weighted by Gasteiger charge is 2.02. The van der Waals surface area contributed by atoms with Crippen LogP contribution in [0.5, 0.6) is 0 Å². The Kier molecular flexibility index (Phi) is 8.17. The normalized spacial score (nSPS) is 11.0. The van der Waals surface area contributed by atoms with Crippen molar-refractivity contribution in [3.8, 4) is 11.4 Å². The molecule has 2 heterocycles. The molecule has 0 saturated carbocycles. The minimum absolute atomic E-state index is 0.0688. The highest BCUT2D eigenvalue weighted by atomic mass is 16.1. The Morgan fingerprint density at radius 1 is 0.906 bits per heavy atom. The van der Waals surface area contributed by atoms with Crippen molar-refractivity contribution in [1.29, 1.82) is 0 Å². The maximum absolute atomic E-state index is 12.3. The van der Waals surface area contributed by atoms with E-state index >= 15 is 0 Å². The molecule has 2 aromatic heterocycles. The minimum Gasteiger partial charge on any atom is -0.340 e. The fraction of sp³-hybridized carbons (Fsp3) is 0.0370. The summed E-state index contributed by atoms with van der Waals surface area (Å²) in [7, 11) is 0. The molecule has 3 rings (SSSR count). The largest absolute Gasteiger partial charge is 0.340 e. The van der Waals surface area contributed by atoms with Gasteiger partial charge in [-0.2, -0.15) is 0 Å². The predicted molar refractivity (Wildman–Crippen MR) is 129 cm³/mol. The van der Waals surface area contributed by atoms with Crippen LogP contribution in [0.4, 0.5) is 5.82 Å². The number of aryl methyl sites for hydroxylation is 1. The SMILES string of the molecule is C=C/C(=C\C=C\C(=O)c1ccccc1)Nc1cccccc(C)nc(-c2ccncc2)n1. The van der Waals surface area contributed by atoms with E-state index in [-0.39, 0.29) is 5.78 Å². The van der Waals surface area contributed by atoms with Crippen LogP contribution in [0.1, 0.15) is 16.1 Å². The van der Waals surface area contributed by atoms with Crippen molar-refractivity contribution in [2.75, 3.05) is 5.32 Å². The van der Waals surface area contributed by atoms with Gasteiger partial charge >= 0.3 is 0 Å². The first kappa shape index (κ1) is 22.3. The highest BCUT2D eigenvalue weighted by Crippen LogP contribution is 2.15. The molecule has 0 bridgehead atoms. The first-order chi connectivity index (χ1) is 15.7. The number of aromatic nitrogens is 3. The molecule has 1 aromatic carbocycles. The van der Waals surface area contributed by atoms with E-state index in [1.165, 1.54) is 6.08 Å². The van der Waals surface area contributed by atoms with Crippen molar-refractivity contribution < 1.29 is 4.79 Å². The summed E-state index contributed by atoms with van der Waals surface area (Å²) in [5.74, 6) is 1.07. The lowest BCUT2D eigenvalue weighted by molar-refractivity contribution is 0.104. The third-order valence-corrected chi connectivity index (χ3v) is 4.33. The molecule has 0 fully saturated rings. The molecular formula is C27H24N4O. The molecule has 158 valence electrons. The van der Waals surface area contributed by atoms with E-state index in [0.29, 0.717) is 22.9 Å². The van der Waals surface area contributed by atoms with Gasteiger partial charge in [-0.3, -0.25) is 9.78 Å². The van der Waals surface area contributed by atoms with Crippen LogP contribution < -0.4 is 5.32 Å². The number of nitrogens with zero attached hydrogens (tertiary/aromatic N) is 3. The molecule has 0 saturated heterocycles.